The second-order valence-electron chi connectivity index (χ2n) is 4.03. The molecule has 2 atom stereocenters. The van der Waals surface area contributed by atoms with Crippen molar-refractivity contribution in [1.82, 2.24) is 0 Å². The molecule has 4 nitrogen and oxygen atoms in total. The van der Waals surface area contributed by atoms with Crippen LogP contribution in [0.4, 0.5) is 0 Å². The standard InChI is InChI=1S/C12H19NO3/c1-4-12(9(2)13,8-11(14)15-3)10-6-5-7-16-10/h5-7,9H,4,8,13H2,1-3H3. The van der Waals surface area contributed by atoms with Crippen molar-refractivity contribution in [2.24, 2.45) is 5.73 Å². The fourth-order valence-electron chi connectivity index (χ4n) is 1.99. The van der Waals surface area contributed by atoms with Gasteiger partial charge in [0.25, 0.3) is 0 Å². The first-order valence-electron chi connectivity index (χ1n) is 5.43. The number of nitrogens with two attached hydrogens (primary N) is 1. The molecule has 0 fully saturated rings. The van der Waals surface area contributed by atoms with Crippen molar-refractivity contribution in [3.05, 3.63) is 24.2 Å². The van der Waals surface area contributed by atoms with Gasteiger partial charge < -0.3 is 14.9 Å². The van der Waals surface area contributed by atoms with Crippen LogP contribution in [0, 0.1) is 0 Å². The molecule has 1 rings (SSSR count). The minimum atomic E-state index is -0.476. The molecule has 1 aromatic rings. The second kappa shape index (κ2) is 5.16. The van der Waals surface area contributed by atoms with Crippen LogP contribution in [0.3, 0.4) is 0 Å². The van der Waals surface area contributed by atoms with E-state index in [2.05, 4.69) is 0 Å². The molecule has 0 saturated carbocycles. The molecule has 0 radical (unpaired) electrons. The average Bonchev–Trinajstić information content (AvgIpc) is 2.78. The zero-order chi connectivity index (χ0) is 12.2. The number of carbonyl (C=O) groups excluding carboxylic acids is 1. The van der Waals surface area contributed by atoms with Crippen LogP contribution in [0.1, 0.15) is 32.4 Å². The van der Waals surface area contributed by atoms with Crippen molar-refractivity contribution in [1.29, 1.82) is 0 Å². The number of furan rings is 1. The third kappa shape index (κ3) is 2.27. The van der Waals surface area contributed by atoms with E-state index in [-0.39, 0.29) is 18.4 Å². The zero-order valence-electron chi connectivity index (χ0n) is 10.0. The van der Waals surface area contributed by atoms with Crippen LogP contribution >= 0.6 is 0 Å². The molecule has 90 valence electrons. The molecule has 0 aliphatic heterocycles. The largest absolute Gasteiger partial charge is 0.469 e. The highest BCUT2D eigenvalue weighted by Gasteiger charge is 2.39. The molecule has 0 saturated heterocycles. The molecule has 0 amide bonds. The number of hydrogen-bond donors (Lipinski definition) is 1. The van der Waals surface area contributed by atoms with E-state index in [0.29, 0.717) is 0 Å². The van der Waals surface area contributed by atoms with Crippen LogP contribution < -0.4 is 5.73 Å². The molecule has 0 bridgehead atoms. The Morgan fingerprint density at radius 1 is 1.69 bits per heavy atom. The fourth-order valence-corrected chi connectivity index (χ4v) is 1.99. The predicted octanol–water partition coefficient (Wildman–Crippen LogP) is 1.84. The third-order valence-electron chi connectivity index (χ3n) is 3.20. The summed E-state index contributed by atoms with van der Waals surface area (Å²) < 4.78 is 10.1. The first-order chi connectivity index (χ1) is 7.56. The molecule has 1 heterocycles. The highest BCUT2D eigenvalue weighted by Crippen LogP contribution is 2.35. The van der Waals surface area contributed by atoms with Gasteiger partial charge in [0.05, 0.1) is 25.2 Å². The maximum atomic E-state index is 11.5. The number of rotatable bonds is 5. The Balaban J connectivity index is 3.05. The van der Waals surface area contributed by atoms with Gasteiger partial charge in [-0.2, -0.15) is 0 Å². The van der Waals surface area contributed by atoms with Crippen LogP contribution in [-0.4, -0.2) is 19.1 Å². The van der Waals surface area contributed by atoms with Gasteiger partial charge in [-0.25, -0.2) is 0 Å². The van der Waals surface area contributed by atoms with Gasteiger partial charge in [0.15, 0.2) is 0 Å². The smallest absolute Gasteiger partial charge is 0.306 e. The van der Waals surface area contributed by atoms with E-state index in [9.17, 15) is 4.79 Å². The number of ether oxygens (including phenoxy) is 1. The van der Waals surface area contributed by atoms with Gasteiger partial charge in [0, 0.05) is 6.04 Å². The molecule has 1 aromatic heterocycles. The lowest BCUT2D eigenvalue weighted by molar-refractivity contribution is -0.142. The van der Waals surface area contributed by atoms with Gasteiger partial charge in [-0.15, -0.1) is 0 Å². The normalized spacial score (nSPS) is 16.5. The van der Waals surface area contributed by atoms with Gasteiger partial charge in [-0.05, 0) is 25.5 Å². The van der Waals surface area contributed by atoms with E-state index in [0.717, 1.165) is 12.2 Å². The average molecular weight is 225 g/mol. The number of carbonyl (C=O) groups is 1. The summed E-state index contributed by atoms with van der Waals surface area (Å²) in [5.41, 5.74) is 5.53. The third-order valence-corrected chi connectivity index (χ3v) is 3.20. The summed E-state index contributed by atoms with van der Waals surface area (Å²) in [4.78, 5) is 11.5. The Hall–Kier alpha value is -1.29. The first kappa shape index (κ1) is 12.8. The highest BCUT2D eigenvalue weighted by atomic mass is 16.5. The summed E-state index contributed by atoms with van der Waals surface area (Å²) in [6.07, 6.45) is 2.57. The van der Waals surface area contributed by atoms with Crippen molar-refractivity contribution in [2.45, 2.75) is 38.1 Å². The van der Waals surface area contributed by atoms with E-state index in [4.69, 9.17) is 14.9 Å². The molecule has 0 aromatic carbocycles. The summed E-state index contributed by atoms with van der Waals surface area (Å²) in [5.74, 6) is 0.478. The van der Waals surface area contributed by atoms with Crippen molar-refractivity contribution in [3.8, 4) is 0 Å². The van der Waals surface area contributed by atoms with Crippen molar-refractivity contribution in [3.63, 3.8) is 0 Å². The van der Waals surface area contributed by atoms with E-state index in [1.807, 2.05) is 19.9 Å². The quantitative estimate of drug-likeness (QED) is 0.776. The Morgan fingerprint density at radius 2 is 2.38 bits per heavy atom. The minimum absolute atomic E-state index is 0.178. The van der Waals surface area contributed by atoms with E-state index in [1.54, 1.807) is 12.3 Å². The van der Waals surface area contributed by atoms with Crippen LogP contribution in [0.25, 0.3) is 0 Å². The van der Waals surface area contributed by atoms with Crippen molar-refractivity contribution >= 4 is 5.97 Å². The summed E-state index contributed by atoms with van der Waals surface area (Å²) in [5, 5.41) is 0. The van der Waals surface area contributed by atoms with Gasteiger partial charge in [0.2, 0.25) is 0 Å². The molecule has 0 aliphatic carbocycles. The molecule has 4 heteroatoms. The lowest BCUT2D eigenvalue weighted by atomic mass is 9.74. The second-order valence-corrected chi connectivity index (χ2v) is 4.03. The van der Waals surface area contributed by atoms with E-state index in [1.165, 1.54) is 7.11 Å². The molecule has 0 aliphatic rings. The van der Waals surface area contributed by atoms with Gasteiger partial charge in [-0.3, -0.25) is 4.79 Å². The highest BCUT2D eigenvalue weighted by molar-refractivity contribution is 5.71. The SMILES string of the molecule is CCC(CC(=O)OC)(c1ccco1)C(C)N. The monoisotopic (exact) mass is 225 g/mol. The van der Waals surface area contributed by atoms with Crippen LogP contribution in [0.15, 0.2) is 22.8 Å². The Bertz CT molecular complexity index is 332. The summed E-state index contributed by atoms with van der Waals surface area (Å²) in [7, 11) is 1.38. The molecule has 16 heavy (non-hydrogen) atoms. The number of methoxy groups -OCH3 is 1. The topological polar surface area (TPSA) is 65.5 Å². The van der Waals surface area contributed by atoms with Crippen molar-refractivity contribution < 1.29 is 13.9 Å². The number of hydrogen-bond acceptors (Lipinski definition) is 4. The van der Waals surface area contributed by atoms with Crippen LogP contribution in [0.2, 0.25) is 0 Å². The first-order valence-corrected chi connectivity index (χ1v) is 5.43. The number of esters is 1. The fraction of sp³-hybridized carbons (Fsp3) is 0.583. The summed E-state index contributed by atoms with van der Waals surface area (Å²) in [6, 6.07) is 3.48. The predicted molar refractivity (Wildman–Crippen MR) is 61.0 cm³/mol. The molecular weight excluding hydrogens is 206 g/mol. The Kier molecular flexibility index (Phi) is 4.12. The maximum Gasteiger partial charge on any atom is 0.306 e. The summed E-state index contributed by atoms with van der Waals surface area (Å²) in [6.45, 7) is 3.88. The molecular formula is C12H19NO3. The summed E-state index contributed by atoms with van der Waals surface area (Å²) >= 11 is 0. The minimum Gasteiger partial charge on any atom is -0.469 e. The zero-order valence-corrected chi connectivity index (χ0v) is 10.0. The molecule has 2 N–H and O–H groups in total. The Labute approximate surface area is 95.8 Å². The van der Waals surface area contributed by atoms with Crippen LogP contribution in [0.5, 0.6) is 0 Å². The van der Waals surface area contributed by atoms with Crippen molar-refractivity contribution in [2.75, 3.05) is 7.11 Å². The Morgan fingerprint density at radius 3 is 2.75 bits per heavy atom. The lowest BCUT2D eigenvalue weighted by Crippen LogP contribution is -2.44. The molecule has 2 unspecified atom stereocenters. The van der Waals surface area contributed by atoms with Crippen LogP contribution in [-0.2, 0) is 14.9 Å². The van der Waals surface area contributed by atoms with Gasteiger partial charge in [0.1, 0.15) is 5.76 Å². The van der Waals surface area contributed by atoms with E-state index >= 15 is 0 Å². The van der Waals surface area contributed by atoms with Gasteiger partial charge in [-0.1, -0.05) is 6.92 Å². The lowest BCUT2D eigenvalue weighted by Gasteiger charge is -2.33. The maximum absolute atomic E-state index is 11.5. The van der Waals surface area contributed by atoms with E-state index < -0.39 is 5.41 Å². The van der Waals surface area contributed by atoms with Gasteiger partial charge >= 0.3 is 5.97 Å². The molecule has 0 spiro atoms.